The third-order valence-electron chi connectivity index (χ3n) is 5.98. The van der Waals surface area contributed by atoms with E-state index in [4.69, 9.17) is 9.31 Å². The summed E-state index contributed by atoms with van der Waals surface area (Å²) in [5, 5.41) is 15.5. The number of carbonyl (C=O) groups is 3. The van der Waals surface area contributed by atoms with Gasteiger partial charge in [-0.15, -0.1) is 11.8 Å². The van der Waals surface area contributed by atoms with E-state index < -0.39 is 43.0 Å². The fourth-order valence-electron chi connectivity index (χ4n) is 4.09. The summed E-state index contributed by atoms with van der Waals surface area (Å²) in [4.78, 5) is 43.3. The van der Waals surface area contributed by atoms with Gasteiger partial charge >= 0.3 is 13.1 Å². The largest absolute Gasteiger partial charge is 0.551 e. The van der Waals surface area contributed by atoms with Gasteiger partial charge in [0, 0.05) is 17.4 Å². The Balaban J connectivity index is 1.76. The summed E-state index contributed by atoms with van der Waals surface area (Å²) in [6.45, 7) is 9.46. The SMILES string of the molecule is CC(C)C[C@H](NC(=O)[C@@H](NC(=O)c1cccc(-c2ccccc2)n1)[C@@H](C)O)B1OC[C@@H](C)S[C@@H](C)C(=O)O1. The first-order chi connectivity index (χ1) is 18.0. The summed E-state index contributed by atoms with van der Waals surface area (Å²) >= 11 is 1.46. The Kier molecular flexibility index (Phi) is 10.8. The number of nitrogens with one attached hydrogen (secondary N) is 2. The Morgan fingerprint density at radius 1 is 1.11 bits per heavy atom. The van der Waals surface area contributed by atoms with Gasteiger partial charge in [-0.3, -0.25) is 14.4 Å². The van der Waals surface area contributed by atoms with Gasteiger partial charge in [-0.2, -0.15) is 0 Å². The van der Waals surface area contributed by atoms with E-state index in [1.165, 1.54) is 18.7 Å². The molecule has 1 aliphatic rings. The molecule has 2 heterocycles. The summed E-state index contributed by atoms with van der Waals surface area (Å²) in [6.07, 6.45) is -0.742. The minimum Gasteiger partial charge on any atom is -0.507 e. The molecule has 1 aliphatic heterocycles. The van der Waals surface area contributed by atoms with E-state index in [0.29, 0.717) is 18.7 Å². The normalized spacial score (nSPS) is 20.5. The molecule has 1 saturated heterocycles. The molecule has 9 nitrogen and oxygen atoms in total. The average Bonchev–Trinajstić information content (AvgIpc) is 2.88. The molecule has 11 heteroatoms. The molecular formula is C27H36BN3O6S. The smallest absolute Gasteiger partial charge is 0.507 e. The van der Waals surface area contributed by atoms with E-state index in [-0.39, 0.29) is 22.1 Å². The van der Waals surface area contributed by atoms with Crippen LogP contribution in [0.3, 0.4) is 0 Å². The summed E-state index contributed by atoms with van der Waals surface area (Å²) in [5.41, 5.74) is 1.57. The Labute approximate surface area is 228 Å². The third-order valence-corrected chi connectivity index (χ3v) is 7.18. The molecule has 1 aromatic heterocycles. The highest BCUT2D eigenvalue weighted by Crippen LogP contribution is 2.24. The van der Waals surface area contributed by atoms with Crippen LogP contribution in [-0.4, -0.2) is 70.2 Å². The molecule has 5 atom stereocenters. The van der Waals surface area contributed by atoms with E-state index in [2.05, 4.69) is 15.6 Å². The Hall–Kier alpha value is -2.89. The van der Waals surface area contributed by atoms with Crippen LogP contribution in [-0.2, 0) is 18.9 Å². The molecule has 2 aromatic rings. The van der Waals surface area contributed by atoms with Gasteiger partial charge in [0.25, 0.3) is 5.91 Å². The minimum absolute atomic E-state index is 0.0689. The maximum Gasteiger partial charge on any atom is 0.551 e. The number of thioether (sulfide) groups is 1. The molecule has 204 valence electrons. The second-order valence-electron chi connectivity index (χ2n) is 9.94. The van der Waals surface area contributed by atoms with Gasteiger partial charge in [0.1, 0.15) is 11.7 Å². The molecule has 0 spiro atoms. The fourth-order valence-corrected chi connectivity index (χ4v) is 5.11. The van der Waals surface area contributed by atoms with Crippen molar-refractivity contribution in [2.75, 3.05) is 6.61 Å². The lowest BCUT2D eigenvalue weighted by Crippen LogP contribution is -2.59. The van der Waals surface area contributed by atoms with Gasteiger partial charge < -0.3 is 25.0 Å². The van der Waals surface area contributed by atoms with E-state index in [1.807, 2.05) is 51.1 Å². The molecule has 0 unspecified atom stereocenters. The van der Waals surface area contributed by atoms with Crippen molar-refractivity contribution in [2.24, 2.45) is 5.92 Å². The summed E-state index contributed by atoms with van der Waals surface area (Å²) in [6, 6.07) is 13.2. The number of aliphatic hydroxyl groups is 1. The molecule has 1 aromatic carbocycles. The van der Waals surface area contributed by atoms with Crippen molar-refractivity contribution < 1.29 is 28.8 Å². The first-order valence-electron chi connectivity index (χ1n) is 12.8. The zero-order valence-electron chi connectivity index (χ0n) is 22.4. The quantitative estimate of drug-likeness (QED) is 0.414. The van der Waals surface area contributed by atoms with Gasteiger partial charge in [0.2, 0.25) is 5.91 Å². The van der Waals surface area contributed by atoms with Crippen molar-refractivity contribution in [1.82, 2.24) is 15.6 Å². The predicted molar refractivity (Wildman–Crippen MR) is 148 cm³/mol. The zero-order chi connectivity index (χ0) is 27.8. The Bertz CT molecular complexity index is 1100. The molecule has 3 rings (SSSR count). The maximum absolute atomic E-state index is 13.3. The van der Waals surface area contributed by atoms with Crippen LogP contribution in [0, 0.1) is 5.92 Å². The molecule has 0 saturated carbocycles. The van der Waals surface area contributed by atoms with Crippen LogP contribution in [0.25, 0.3) is 11.3 Å². The number of aliphatic hydroxyl groups excluding tert-OH is 1. The molecule has 3 N–H and O–H groups in total. The van der Waals surface area contributed by atoms with E-state index in [1.54, 1.807) is 25.1 Å². The first-order valence-corrected chi connectivity index (χ1v) is 13.8. The number of hydrogen-bond acceptors (Lipinski definition) is 8. The van der Waals surface area contributed by atoms with E-state index >= 15 is 0 Å². The number of rotatable bonds is 9. The number of carbonyl (C=O) groups excluding carboxylic acids is 3. The maximum atomic E-state index is 13.3. The average molecular weight is 541 g/mol. The van der Waals surface area contributed by atoms with Crippen LogP contribution >= 0.6 is 11.8 Å². The summed E-state index contributed by atoms with van der Waals surface area (Å²) in [7, 11) is -0.991. The standard InChI is InChI=1S/C27H36BN3O6S/c1-16(2)14-23(28-36-15-17(3)38-19(5)27(35)37-28)30-26(34)24(18(4)32)31-25(33)22-13-9-12-21(29-22)20-10-7-6-8-11-20/h6-13,16-19,23-24,32H,14-15H2,1-5H3,(H,30,34)(H,31,33)/t17-,18-,19+,23+,24+/m1/s1. The predicted octanol–water partition coefficient (Wildman–Crippen LogP) is 2.87. The highest BCUT2D eigenvalue weighted by Gasteiger charge is 2.40. The van der Waals surface area contributed by atoms with Crippen molar-refractivity contribution in [3.8, 4) is 11.3 Å². The van der Waals surface area contributed by atoms with E-state index in [0.717, 1.165) is 5.56 Å². The number of aromatic nitrogens is 1. The topological polar surface area (TPSA) is 127 Å². The Morgan fingerprint density at radius 2 is 1.82 bits per heavy atom. The van der Waals surface area contributed by atoms with Crippen molar-refractivity contribution in [3.63, 3.8) is 0 Å². The van der Waals surface area contributed by atoms with Crippen molar-refractivity contribution in [1.29, 1.82) is 0 Å². The summed E-state index contributed by atoms with van der Waals surface area (Å²) < 4.78 is 11.5. The number of benzene rings is 1. The lowest BCUT2D eigenvalue weighted by atomic mass is 9.73. The van der Waals surface area contributed by atoms with Gasteiger partial charge in [-0.05, 0) is 38.3 Å². The number of nitrogens with zero attached hydrogens (tertiary/aromatic N) is 1. The molecule has 0 bridgehead atoms. The molecule has 0 radical (unpaired) electrons. The highest BCUT2D eigenvalue weighted by atomic mass is 32.2. The zero-order valence-corrected chi connectivity index (χ0v) is 23.2. The number of pyridine rings is 1. The van der Waals surface area contributed by atoms with Gasteiger partial charge in [-0.25, -0.2) is 4.98 Å². The van der Waals surface area contributed by atoms with Gasteiger partial charge in [-0.1, -0.05) is 57.2 Å². The van der Waals surface area contributed by atoms with Crippen molar-refractivity contribution in [3.05, 3.63) is 54.2 Å². The second-order valence-corrected chi connectivity index (χ2v) is 11.7. The molecule has 38 heavy (non-hydrogen) atoms. The number of hydrogen-bond donors (Lipinski definition) is 3. The van der Waals surface area contributed by atoms with Crippen LogP contribution in [0.15, 0.2) is 48.5 Å². The van der Waals surface area contributed by atoms with Crippen LogP contribution in [0.2, 0.25) is 0 Å². The van der Waals surface area contributed by atoms with Gasteiger partial charge in [0.15, 0.2) is 0 Å². The highest BCUT2D eigenvalue weighted by molar-refractivity contribution is 8.01. The van der Waals surface area contributed by atoms with Crippen LogP contribution in [0.1, 0.15) is 51.5 Å². The molecule has 2 amide bonds. The van der Waals surface area contributed by atoms with E-state index in [9.17, 15) is 19.5 Å². The Morgan fingerprint density at radius 3 is 2.47 bits per heavy atom. The monoisotopic (exact) mass is 541 g/mol. The van der Waals surface area contributed by atoms with Crippen LogP contribution in [0.5, 0.6) is 0 Å². The van der Waals surface area contributed by atoms with Crippen molar-refractivity contribution >= 4 is 36.7 Å². The second kappa shape index (κ2) is 13.8. The molecule has 1 fully saturated rings. The minimum atomic E-state index is -1.27. The first kappa shape index (κ1) is 29.7. The lowest BCUT2D eigenvalue weighted by molar-refractivity contribution is -0.136. The fraction of sp³-hybridized carbons (Fsp3) is 0.481. The third kappa shape index (κ3) is 8.31. The summed E-state index contributed by atoms with van der Waals surface area (Å²) in [5.74, 6) is -2.17. The number of amides is 2. The van der Waals surface area contributed by atoms with Crippen LogP contribution < -0.4 is 10.6 Å². The molecule has 0 aliphatic carbocycles. The molecular weight excluding hydrogens is 505 g/mol. The van der Waals surface area contributed by atoms with Crippen LogP contribution in [0.4, 0.5) is 0 Å². The lowest BCUT2D eigenvalue weighted by Gasteiger charge is -2.31. The van der Waals surface area contributed by atoms with Crippen molar-refractivity contribution in [2.45, 2.75) is 69.6 Å². The van der Waals surface area contributed by atoms with Gasteiger partial charge in [0.05, 0.1) is 23.0 Å².